The Morgan fingerprint density at radius 2 is 1.29 bits per heavy atom. The number of benzene rings is 3. The van der Waals surface area contributed by atoms with Crippen LogP contribution in [0.15, 0.2) is 78.9 Å². The fourth-order valence-electron chi connectivity index (χ4n) is 2.44. The molecule has 0 fully saturated rings. The Balaban J connectivity index is 1.82. The van der Waals surface area contributed by atoms with Gasteiger partial charge in [-0.05, 0) is 23.3 Å². The SMILES string of the molecule is c1ccc(-c2ccc3sc(-c4ccccc4)nc3c2)cc1. The van der Waals surface area contributed by atoms with E-state index in [1.54, 1.807) is 11.3 Å². The molecule has 0 atom stereocenters. The number of aromatic nitrogens is 1. The van der Waals surface area contributed by atoms with Gasteiger partial charge in [-0.1, -0.05) is 66.7 Å². The minimum Gasteiger partial charge on any atom is -0.236 e. The van der Waals surface area contributed by atoms with Crippen molar-refractivity contribution in [2.45, 2.75) is 0 Å². The summed E-state index contributed by atoms with van der Waals surface area (Å²) in [4.78, 5) is 4.79. The standard InChI is InChI=1S/C19H13NS/c1-3-7-14(8-4-1)16-11-12-18-17(13-16)20-19(21-18)15-9-5-2-6-10-15/h1-13H. The molecule has 3 aromatic carbocycles. The maximum Gasteiger partial charge on any atom is 0.124 e. The van der Waals surface area contributed by atoms with Gasteiger partial charge < -0.3 is 0 Å². The van der Waals surface area contributed by atoms with Gasteiger partial charge in [-0.15, -0.1) is 11.3 Å². The summed E-state index contributed by atoms with van der Waals surface area (Å²) in [7, 11) is 0. The molecule has 0 aliphatic heterocycles. The largest absolute Gasteiger partial charge is 0.236 e. The summed E-state index contributed by atoms with van der Waals surface area (Å²) in [6.45, 7) is 0. The van der Waals surface area contributed by atoms with Crippen molar-refractivity contribution in [2.75, 3.05) is 0 Å². The lowest BCUT2D eigenvalue weighted by atomic mass is 10.1. The van der Waals surface area contributed by atoms with Gasteiger partial charge in [-0.2, -0.15) is 0 Å². The molecule has 2 heteroatoms. The number of thiazole rings is 1. The number of rotatable bonds is 2. The second-order valence-corrected chi connectivity index (χ2v) is 5.96. The van der Waals surface area contributed by atoms with Crippen molar-refractivity contribution in [2.24, 2.45) is 0 Å². The lowest BCUT2D eigenvalue weighted by molar-refractivity contribution is 1.47. The van der Waals surface area contributed by atoms with Gasteiger partial charge in [-0.25, -0.2) is 4.98 Å². The molecule has 0 spiro atoms. The van der Waals surface area contributed by atoms with Crippen LogP contribution in [0.1, 0.15) is 0 Å². The van der Waals surface area contributed by atoms with Crippen molar-refractivity contribution < 1.29 is 0 Å². The van der Waals surface area contributed by atoms with Crippen molar-refractivity contribution in [1.29, 1.82) is 0 Å². The van der Waals surface area contributed by atoms with Gasteiger partial charge in [0.2, 0.25) is 0 Å². The normalized spacial score (nSPS) is 10.9. The van der Waals surface area contributed by atoms with E-state index in [9.17, 15) is 0 Å². The maximum atomic E-state index is 4.79. The summed E-state index contributed by atoms with van der Waals surface area (Å²) in [6, 6.07) is 27.3. The quantitative estimate of drug-likeness (QED) is 0.465. The Hall–Kier alpha value is -2.45. The number of fused-ring (bicyclic) bond motifs is 1. The Bertz CT molecular complexity index is 842. The third-order valence-corrected chi connectivity index (χ3v) is 4.60. The van der Waals surface area contributed by atoms with E-state index in [4.69, 9.17) is 4.98 Å². The zero-order chi connectivity index (χ0) is 14.1. The molecular weight excluding hydrogens is 274 g/mol. The highest BCUT2D eigenvalue weighted by atomic mass is 32.1. The lowest BCUT2D eigenvalue weighted by Crippen LogP contribution is -1.77. The fraction of sp³-hybridized carbons (Fsp3) is 0. The van der Waals surface area contributed by atoms with E-state index in [0.29, 0.717) is 0 Å². The Morgan fingerprint density at radius 3 is 2.00 bits per heavy atom. The zero-order valence-electron chi connectivity index (χ0n) is 11.4. The van der Waals surface area contributed by atoms with Gasteiger partial charge in [-0.3, -0.25) is 0 Å². The van der Waals surface area contributed by atoms with Crippen LogP contribution in [0.2, 0.25) is 0 Å². The highest BCUT2D eigenvalue weighted by molar-refractivity contribution is 7.21. The van der Waals surface area contributed by atoms with Gasteiger partial charge in [0.25, 0.3) is 0 Å². The summed E-state index contributed by atoms with van der Waals surface area (Å²) in [5.74, 6) is 0. The summed E-state index contributed by atoms with van der Waals surface area (Å²) < 4.78 is 1.23. The maximum absolute atomic E-state index is 4.79. The van der Waals surface area contributed by atoms with Gasteiger partial charge in [0.15, 0.2) is 0 Å². The van der Waals surface area contributed by atoms with Crippen LogP contribution < -0.4 is 0 Å². The molecule has 1 aromatic heterocycles. The Morgan fingerprint density at radius 1 is 0.619 bits per heavy atom. The molecule has 0 aliphatic carbocycles. The average molecular weight is 287 g/mol. The molecule has 0 bridgehead atoms. The highest BCUT2D eigenvalue weighted by Gasteiger charge is 2.07. The molecular formula is C19H13NS. The minimum absolute atomic E-state index is 1.07. The Labute approximate surface area is 127 Å². The second-order valence-electron chi connectivity index (χ2n) is 4.93. The third-order valence-electron chi connectivity index (χ3n) is 3.52. The van der Waals surface area contributed by atoms with Crippen LogP contribution in [-0.4, -0.2) is 4.98 Å². The monoisotopic (exact) mass is 287 g/mol. The average Bonchev–Trinajstić information content (AvgIpc) is 2.99. The van der Waals surface area contributed by atoms with Crippen molar-refractivity contribution >= 4 is 21.6 Å². The molecule has 0 aliphatic rings. The summed E-state index contributed by atoms with van der Waals surface area (Å²) in [5.41, 5.74) is 4.70. The Kier molecular flexibility index (Phi) is 3.02. The van der Waals surface area contributed by atoms with Crippen molar-refractivity contribution in [1.82, 2.24) is 4.98 Å². The molecule has 0 N–H and O–H groups in total. The van der Waals surface area contributed by atoms with Gasteiger partial charge in [0, 0.05) is 5.56 Å². The summed E-state index contributed by atoms with van der Waals surface area (Å²) >= 11 is 1.74. The predicted octanol–water partition coefficient (Wildman–Crippen LogP) is 5.63. The van der Waals surface area contributed by atoms with Crippen LogP contribution >= 0.6 is 11.3 Å². The van der Waals surface area contributed by atoms with Crippen LogP contribution in [0.5, 0.6) is 0 Å². The molecule has 0 unspecified atom stereocenters. The zero-order valence-corrected chi connectivity index (χ0v) is 12.2. The van der Waals surface area contributed by atoms with Gasteiger partial charge in [0.1, 0.15) is 5.01 Å². The molecule has 0 amide bonds. The molecule has 0 saturated carbocycles. The van der Waals surface area contributed by atoms with Gasteiger partial charge >= 0.3 is 0 Å². The minimum atomic E-state index is 1.07. The van der Waals surface area contributed by atoms with Crippen LogP contribution in [0.25, 0.3) is 31.9 Å². The second kappa shape index (κ2) is 5.15. The molecule has 1 heterocycles. The predicted molar refractivity (Wildman–Crippen MR) is 90.5 cm³/mol. The van der Waals surface area contributed by atoms with Crippen LogP contribution in [0, 0.1) is 0 Å². The van der Waals surface area contributed by atoms with Gasteiger partial charge in [0.05, 0.1) is 10.2 Å². The van der Waals surface area contributed by atoms with Crippen LogP contribution in [0.4, 0.5) is 0 Å². The lowest BCUT2D eigenvalue weighted by Gasteiger charge is -2.00. The number of nitrogens with zero attached hydrogens (tertiary/aromatic N) is 1. The molecule has 0 radical (unpaired) electrons. The first-order valence-corrected chi connectivity index (χ1v) is 7.73. The third kappa shape index (κ3) is 2.34. The first-order chi connectivity index (χ1) is 10.4. The molecule has 21 heavy (non-hydrogen) atoms. The summed E-state index contributed by atoms with van der Waals surface area (Å²) in [6.07, 6.45) is 0. The summed E-state index contributed by atoms with van der Waals surface area (Å²) in [5, 5.41) is 1.08. The van der Waals surface area contributed by atoms with E-state index < -0.39 is 0 Å². The molecule has 100 valence electrons. The highest BCUT2D eigenvalue weighted by Crippen LogP contribution is 2.32. The molecule has 0 saturated heterocycles. The molecule has 4 aromatic rings. The van der Waals surface area contributed by atoms with Crippen molar-refractivity contribution in [3.63, 3.8) is 0 Å². The fourth-order valence-corrected chi connectivity index (χ4v) is 3.39. The van der Waals surface area contributed by atoms with Crippen molar-refractivity contribution in [3.05, 3.63) is 78.9 Å². The molecule has 1 nitrogen and oxygen atoms in total. The molecule has 4 rings (SSSR count). The van der Waals surface area contributed by atoms with Crippen LogP contribution in [-0.2, 0) is 0 Å². The topological polar surface area (TPSA) is 12.9 Å². The van der Waals surface area contributed by atoms with E-state index in [1.165, 1.54) is 21.4 Å². The van der Waals surface area contributed by atoms with E-state index in [1.807, 2.05) is 12.1 Å². The van der Waals surface area contributed by atoms with E-state index in [0.717, 1.165) is 10.5 Å². The smallest absolute Gasteiger partial charge is 0.124 e. The van der Waals surface area contributed by atoms with E-state index in [-0.39, 0.29) is 0 Å². The van der Waals surface area contributed by atoms with Crippen molar-refractivity contribution in [3.8, 4) is 21.7 Å². The van der Waals surface area contributed by atoms with E-state index >= 15 is 0 Å². The van der Waals surface area contributed by atoms with Crippen LogP contribution in [0.3, 0.4) is 0 Å². The number of hydrogen-bond donors (Lipinski definition) is 0. The first kappa shape index (κ1) is 12.3. The first-order valence-electron chi connectivity index (χ1n) is 6.91. The van der Waals surface area contributed by atoms with E-state index in [2.05, 4.69) is 66.7 Å². The number of hydrogen-bond acceptors (Lipinski definition) is 2.